The topological polar surface area (TPSA) is 85.9 Å². The summed E-state index contributed by atoms with van der Waals surface area (Å²) in [5.74, 6) is 1.87. The van der Waals surface area contributed by atoms with Gasteiger partial charge in [0, 0.05) is 12.5 Å². The first-order valence-electron chi connectivity index (χ1n) is 8.71. The molecule has 0 fully saturated rings. The van der Waals surface area contributed by atoms with Crippen molar-refractivity contribution in [2.75, 3.05) is 28.4 Å². The van der Waals surface area contributed by atoms with Gasteiger partial charge >= 0.3 is 0 Å². The summed E-state index contributed by atoms with van der Waals surface area (Å²) in [6.45, 7) is 0.376. The van der Waals surface area contributed by atoms with Gasteiger partial charge in [-0.1, -0.05) is 0 Å². The molecular formula is C20H20N2O6. The molecule has 2 heterocycles. The van der Waals surface area contributed by atoms with Gasteiger partial charge in [0.15, 0.2) is 29.5 Å². The van der Waals surface area contributed by atoms with E-state index in [1.165, 1.54) is 32.1 Å². The number of aromatic nitrogens is 2. The number of hydrogen-bond acceptors (Lipinski definition) is 6. The lowest BCUT2D eigenvalue weighted by Crippen LogP contribution is -2.52. The largest absolute Gasteiger partial charge is 0.759 e. The van der Waals surface area contributed by atoms with Crippen LogP contribution in [-0.4, -0.2) is 33.3 Å². The first kappa shape index (κ1) is 18.0. The molecule has 4 rings (SSSR count). The fourth-order valence-corrected chi connectivity index (χ4v) is 3.71. The van der Waals surface area contributed by atoms with E-state index in [2.05, 4.69) is 0 Å². The molecule has 1 aliphatic rings. The van der Waals surface area contributed by atoms with Gasteiger partial charge in [0.05, 0.1) is 39.4 Å². The number of methoxy groups -OCH3 is 4. The Hall–Kier alpha value is -3.42. The van der Waals surface area contributed by atoms with E-state index in [1.807, 2.05) is 6.07 Å². The minimum atomic E-state index is -0.253. The number of ether oxygens (including phenoxy) is 4. The lowest BCUT2D eigenvalue weighted by Gasteiger charge is -2.22. The summed E-state index contributed by atoms with van der Waals surface area (Å²) in [7, 11) is 6.07. The third-order valence-corrected chi connectivity index (χ3v) is 5.10. The second-order valence-corrected chi connectivity index (χ2v) is 6.41. The normalized spacial score (nSPS) is 12.3. The molecule has 0 spiro atoms. The van der Waals surface area contributed by atoms with Crippen molar-refractivity contribution in [3.8, 4) is 34.3 Å². The SMILES string of the molecule is COc1cc2c(cc1OC)-c1c(=O)c3cc(OC)c(OC)cc3n([O-])[n+]1CC2. The molecule has 0 saturated carbocycles. The quantitative estimate of drug-likeness (QED) is 0.639. The predicted octanol–water partition coefficient (Wildman–Crippen LogP) is 1.89. The highest BCUT2D eigenvalue weighted by atomic mass is 16.5. The van der Waals surface area contributed by atoms with Crippen LogP contribution < -0.4 is 29.1 Å². The zero-order valence-corrected chi connectivity index (χ0v) is 16.1. The second-order valence-electron chi connectivity index (χ2n) is 6.41. The van der Waals surface area contributed by atoms with E-state index in [1.54, 1.807) is 19.2 Å². The van der Waals surface area contributed by atoms with Crippen molar-refractivity contribution in [1.29, 1.82) is 0 Å². The summed E-state index contributed by atoms with van der Waals surface area (Å²) in [4.78, 5) is 14.1. The molecular weight excluding hydrogens is 364 g/mol. The molecule has 0 N–H and O–H groups in total. The molecule has 0 unspecified atom stereocenters. The van der Waals surface area contributed by atoms with Crippen LogP contribution in [0.5, 0.6) is 23.0 Å². The third-order valence-electron chi connectivity index (χ3n) is 5.10. The van der Waals surface area contributed by atoms with Crippen LogP contribution in [0.15, 0.2) is 29.1 Å². The first-order chi connectivity index (χ1) is 13.5. The number of hydrogen-bond donors (Lipinski definition) is 0. The van der Waals surface area contributed by atoms with Gasteiger partial charge in [-0.25, -0.2) is 0 Å². The van der Waals surface area contributed by atoms with Gasteiger partial charge in [0.25, 0.3) is 11.1 Å². The van der Waals surface area contributed by atoms with Crippen molar-refractivity contribution in [2.45, 2.75) is 13.0 Å². The standard InChI is InChI=1S/C20H20N2O6/c1-25-15-7-11-5-6-21-19(12(11)8-16(15)26-2)20(23)13-9-17(27-3)18(28-4)10-14(13)22(21)24/h7-10H,5-6H2,1-4H3. The molecule has 2 aromatic carbocycles. The zero-order valence-electron chi connectivity index (χ0n) is 16.1. The van der Waals surface area contributed by atoms with E-state index < -0.39 is 0 Å². The van der Waals surface area contributed by atoms with E-state index in [-0.39, 0.29) is 16.3 Å². The number of aryl methyl sites for hydroxylation is 1. The fraction of sp³-hybridized carbons (Fsp3) is 0.300. The molecule has 0 bridgehead atoms. The number of benzene rings is 2. The van der Waals surface area contributed by atoms with Gasteiger partial charge in [-0.05, 0) is 23.8 Å². The van der Waals surface area contributed by atoms with E-state index >= 15 is 0 Å². The minimum Gasteiger partial charge on any atom is -0.759 e. The highest BCUT2D eigenvalue weighted by Crippen LogP contribution is 2.37. The smallest absolute Gasteiger partial charge is 0.284 e. The molecule has 0 aliphatic carbocycles. The second kappa shape index (κ2) is 6.63. The Labute approximate surface area is 161 Å². The van der Waals surface area contributed by atoms with Crippen molar-refractivity contribution < 1.29 is 23.6 Å². The summed E-state index contributed by atoms with van der Waals surface area (Å²) in [6.07, 6.45) is 0.591. The Morgan fingerprint density at radius 3 is 2.11 bits per heavy atom. The molecule has 1 aromatic heterocycles. The van der Waals surface area contributed by atoms with E-state index in [4.69, 9.17) is 18.9 Å². The van der Waals surface area contributed by atoms with Crippen molar-refractivity contribution in [3.05, 3.63) is 45.3 Å². The van der Waals surface area contributed by atoms with E-state index in [0.29, 0.717) is 47.2 Å². The van der Waals surface area contributed by atoms with Crippen LogP contribution >= 0.6 is 0 Å². The summed E-state index contributed by atoms with van der Waals surface area (Å²) < 4.78 is 22.8. The van der Waals surface area contributed by atoms with Crippen molar-refractivity contribution in [1.82, 2.24) is 4.85 Å². The van der Waals surface area contributed by atoms with E-state index in [0.717, 1.165) is 10.4 Å². The van der Waals surface area contributed by atoms with Crippen molar-refractivity contribution in [2.24, 2.45) is 0 Å². The van der Waals surface area contributed by atoms with Gasteiger partial charge in [-0.2, -0.15) is 4.85 Å². The Bertz CT molecular complexity index is 1150. The summed E-state index contributed by atoms with van der Waals surface area (Å²) in [5.41, 5.74) is 1.88. The minimum absolute atomic E-state index is 0.232. The molecule has 8 heteroatoms. The Balaban J connectivity index is 2.08. The molecule has 0 amide bonds. The molecule has 3 aromatic rings. The maximum absolute atomic E-state index is 13.4. The summed E-state index contributed by atoms with van der Waals surface area (Å²) in [5, 5.41) is 13.3. The number of fused-ring (bicyclic) bond motifs is 4. The average molecular weight is 384 g/mol. The maximum Gasteiger partial charge on any atom is 0.284 e. The van der Waals surface area contributed by atoms with Gasteiger partial charge in [-0.3, -0.25) is 4.79 Å². The third kappa shape index (κ3) is 2.45. The van der Waals surface area contributed by atoms with Gasteiger partial charge < -0.3 is 24.2 Å². The maximum atomic E-state index is 13.4. The van der Waals surface area contributed by atoms with Gasteiger partial charge in [-0.15, -0.1) is 4.68 Å². The number of nitrogens with zero attached hydrogens (tertiary/aromatic N) is 2. The molecule has 0 radical (unpaired) electrons. The molecule has 0 saturated heterocycles. The van der Waals surface area contributed by atoms with Gasteiger partial charge in [0.2, 0.25) is 0 Å². The molecule has 28 heavy (non-hydrogen) atoms. The van der Waals surface area contributed by atoms with Crippen LogP contribution in [0.3, 0.4) is 0 Å². The molecule has 146 valence electrons. The van der Waals surface area contributed by atoms with Crippen LogP contribution in [0, 0.1) is 5.21 Å². The van der Waals surface area contributed by atoms with Crippen LogP contribution in [-0.2, 0) is 13.0 Å². The van der Waals surface area contributed by atoms with E-state index in [9.17, 15) is 10.0 Å². The van der Waals surface area contributed by atoms with Crippen LogP contribution in [0.2, 0.25) is 0 Å². The lowest BCUT2D eigenvalue weighted by atomic mass is 9.96. The summed E-state index contributed by atoms with van der Waals surface area (Å²) >= 11 is 0. The zero-order chi connectivity index (χ0) is 20.0. The van der Waals surface area contributed by atoms with Gasteiger partial charge in [0.1, 0.15) is 5.52 Å². The molecule has 1 aliphatic heterocycles. The lowest BCUT2D eigenvalue weighted by molar-refractivity contribution is -0.760. The first-order valence-corrected chi connectivity index (χ1v) is 8.71. The van der Waals surface area contributed by atoms with Crippen LogP contribution in [0.1, 0.15) is 5.56 Å². The van der Waals surface area contributed by atoms with Crippen molar-refractivity contribution >= 4 is 10.9 Å². The van der Waals surface area contributed by atoms with Crippen LogP contribution in [0.4, 0.5) is 0 Å². The predicted molar refractivity (Wildman–Crippen MR) is 103 cm³/mol. The molecule has 0 atom stereocenters. The fourth-order valence-electron chi connectivity index (χ4n) is 3.71. The highest BCUT2D eigenvalue weighted by molar-refractivity contribution is 5.85. The Morgan fingerprint density at radius 1 is 0.893 bits per heavy atom. The number of rotatable bonds is 4. The Morgan fingerprint density at radius 2 is 1.46 bits per heavy atom. The average Bonchev–Trinajstić information content (AvgIpc) is 2.74. The van der Waals surface area contributed by atoms with Crippen LogP contribution in [0.25, 0.3) is 22.2 Å². The monoisotopic (exact) mass is 384 g/mol. The van der Waals surface area contributed by atoms with Crippen molar-refractivity contribution in [3.63, 3.8) is 0 Å². The highest BCUT2D eigenvalue weighted by Gasteiger charge is 2.31. The Kier molecular flexibility index (Phi) is 4.26. The summed E-state index contributed by atoms with van der Waals surface area (Å²) in [6, 6.07) is 6.67. The molecule has 8 nitrogen and oxygen atoms in total.